The molecule has 17 heavy (non-hydrogen) atoms. The molecule has 0 aliphatic heterocycles. The molecule has 0 aromatic carbocycles. The van der Waals surface area contributed by atoms with Gasteiger partial charge < -0.3 is 0 Å². The first-order chi connectivity index (χ1) is 7.78. The molecule has 0 N–H and O–H groups in total. The van der Waals surface area contributed by atoms with Crippen molar-refractivity contribution in [1.82, 2.24) is 4.98 Å². The quantitative estimate of drug-likeness (QED) is 0.674. The zero-order valence-electron chi connectivity index (χ0n) is 11.8. The molecule has 0 saturated heterocycles. The Kier molecular flexibility index (Phi) is 3.37. The highest BCUT2D eigenvalue weighted by atomic mass is 32.1. The van der Waals surface area contributed by atoms with E-state index in [0.29, 0.717) is 5.41 Å². The smallest absolute Gasteiger partial charge is 0.0959 e. The van der Waals surface area contributed by atoms with E-state index in [1.165, 1.54) is 36.4 Å². The summed E-state index contributed by atoms with van der Waals surface area (Å²) in [4.78, 5) is 4.87. The lowest BCUT2D eigenvalue weighted by molar-refractivity contribution is 0.224. The standard InChI is InChI=1S/C15H25NS/c1-14(2,3)12-10-17-13(16-12)11-6-8-15(4,5)9-7-11/h10-11H,6-9H2,1-5H3. The first kappa shape index (κ1) is 13.1. The van der Waals surface area contributed by atoms with E-state index in [1.54, 1.807) is 0 Å². The molecule has 0 radical (unpaired) electrons. The largest absolute Gasteiger partial charge is 0.245 e. The number of nitrogens with zero attached hydrogens (tertiary/aromatic N) is 1. The van der Waals surface area contributed by atoms with E-state index in [2.05, 4.69) is 40.0 Å². The van der Waals surface area contributed by atoms with Crippen molar-refractivity contribution in [2.75, 3.05) is 0 Å². The molecule has 1 saturated carbocycles. The molecular formula is C15H25NS. The van der Waals surface area contributed by atoms with Crippen LogP contribution in [0, 0.1) is 5.41 Å². The van der Waals surface area contributed by atoms with E-state index in [1.807, 2.05) is 11.3 Å². The molecule has 1 aliphatic carbocycles. The monoisotopic (exact) mass is 251 g/mol. The van der Waals surface area contributed by atoms with Crippen molar-refractivity contribution >= 4 is 11.3 Å². The molecule has 1 aromatic heterocycles. The minimum atomic E-state index is 0.197. The van der Waals surface area contributed by atoms with Gasteiger partial charge in [-0.2, -0.15) is 0 Å². The fourth-order valence-electron chi connectivity index (χ4n) is 2.47. The summed E-state index contributed by atoms with van der Waals surface area (Å²) < 4.78 is 0. The van der Waals surface area contributed by atoms with Crippen LogP contribution in [0.5, 0.6) is 0 Å². The third-order valence-electron chi connectivity index (χ3n) is 3.98. The lowest BCUT2D eigenvalue weighted by Crippen LogP contribution is -2.20. The third kappa shape index (κ3) is 3.09. The highest BCUT2D eigenvalue weighted by Gasteiger charge is 2.29. The van der Waals surface area contributed by atoms with Crippen molar-refractivity contribution in [3.05, 3.63) is 16.1 Å². The lowest BCUT2D eigenvalue weighted by Gasteiger charge is -2.33. The van der Waals surface area contributed by atoms with E-state index < -0.39 is 0 Å². The summed E-state index contributed by atoms with van der Waals surface area (Å²) >= 11 is 1.87. The minimum Gasteiger partial charge on any atom is -0.245 e. The molecule has 0 bridgehead atoms. The first-order valence-corrected chi connectivity index (χ1v) is 7.62. The highest BCUT2D eigenvalue weighted by molar-refractivity contribution is 7.09. The second kappa shape index (κ2) is 4.38. The topological polar surface area (TPSA) is 12.9 Å². The Labute approximate surface area is 110 Å². The SMILES string of the molecule is CC1(C)CCC(c2nc(C(C)(C)C)cs2)CC1. The molecule has 1 fully saturated rings. The van der Waals surface area contributed by atoms with Gasteiger partial charge in [-0.05, 0) is 31.1 Å². The van der Waals surface area contributed by atoms with Crippen molar-refractivity contribution in [3.8, 4) is 0 Å². The molecule has 1 nitrogen and oxygen atoms in total. The van der Waals surface area contributed by atoms with Gasteiger partial charge in [-0.15, -0.1) is 11.3 Å². The normalized spacial score (nSPS) is 21.7. The summed E-state index contributed by atoms with van der Waals surface area (Å²) in [6.07, 6.45) is 5.35. The summed E-state index contributed by atoms with van der Waals surface area (Å²) in [6, 6.07) is 0. The zero-order chi connectivity index (χ0) is 12.7. The number of thiazole rings is 1. The molecule has 1 aliphatic rings. The summed E-state index contributed by atoms with van der Waals surface area (Å²) in [7, 11) is 0. The maximum Gasteiger partial charge on any atom is 0.0959 e. The maximum absolute atomic E-state index is 4.87. The van der Waals surface area contributed by atoms with Crippen molar-refractivity contribution in [2.45, 2.75) is 71.6 Å². The van der Waals surface area contributed by atoms with Gasteiger partial charge >= 0.3 is 0 Å². The predicted octanol–water partition coefficient (Wildman–Crippen LogP) is 5.12. The average Bonchev–Trinajstić information content (AvgIpc) is 2.66. The number of rotatable bonds is 1. The van der Waals surface area contributed by atoms with E-state index in [0.717, 1.165) is 5.92 Å². The van der Waals surface area contributed by atoms with Crippen LogP contribution in [0.15, 0.2) is 5.38 Å². The second-order valence-electron chi connectivity index (χ2n) is 7.26. The molecule has 0 amide bonds. The number of hydrogen-bond donors (Lipinski definition) is 0. The van der Waals surface area contributed by atoms with Gasteiger partial charge in [0.05, 0.1) is 10.7 Å². The molecule has 0 unspecified atom stereocenters. The number of aromatic nitrogens is 1. The van der Waals surface area contributed by atoms with Gasteiger partial charge in [-0.25, -0.2) is 4.98 Å². The van der Waals surface area contributed by atoms with Crippen molar-refractivity contribution < 1.29 is 0 Å². The van der Waals surface area contributed by atoms with Crippen LogP contribution in [0.1, 0.15) is 76.9 Å². The van der Waals surface area contributed by atoms with Crippen molar-refractivity contribution in [1.29, 1.82) is 0 Å². The van der Waals surface area contributed by atoms with Crippen LogP contribution in [0.3, 0.4) is 0 Å². The highest BCUT2D eigenvalue weighted by Crippen LogP contribution is 2.43. The Morgan fingerprint density at radius 1 is 1.24 bits per heavy atom. The van der Waals surface area contributed by atoms with E-state index in [4.69, 9.17) is 4.98 Å². The zero-order valence-corrected chi connectivity index (χ0v) is 12.7. The Morgan fingerprint density at radius 2 is 1.82 bits per heavy atom. The van der Waals surface area contributed by atoms with E-state index in [-0.39, 0.29) is 5.41 Å². The molecule has 1 heterocycles. The maximum atomic E-state index is 4.87. The minimum absolute atomic E-state index is 0.197. The Balaban J connectivity index is 2.07. The first-order valence-electron chi connectivity index (χ1n) is 6.74. The molecule has 0 spiro atoms. The predicted molar refractivity (Wildman–Crippen MR) is 75.8 cm³/mol. The fourth-order valence-corrected chi connectivity index (χ4v) is 3.68. The van der Waals surface area contributed by atoms with E-state index >= 15 is 0 Å². The lowest BCUT2D eigenvalue weighted by atomic mass is 9.73. The van der Waals surface area contributed by atoms with Gasteiger partial charge in [0.25, 0.3) is 0 Å². The van der Waals surface area contributed by atoms with Gasteiger partial charge in [0, 0.05) is 16.7 Å². The third-order valence-corrected chi connectivity index (χ3v) is 4.99. The molecule has 2 heteroatoms. The van der Waals surface area contributed by atoms with Crippen molar-refractivity contribution in [2.24, 2.45) is 5.41 Å². The Morgan fingerprint density at radius 3 is 2.29 bits per heavy atom. The summed E-state index contributed by atoms with van der Waals surface area (Å²) in [5.74, 6) is 0.726. The van der Waals surface area contributed by atoms with Crippen LogP contribution in [0.25, 0.3) is 0 Å². The summed E-state index contributed by atoms with van der Waals surface area (Å²) in [5, 5.41) is 3.64. The van der Waals surface area contributed by atoms with Gasteiger partial charge in [0.1, 0.15) is 0 Å². The second-order valence-corrected chi connectivity index (χ2v) is 8.15. The Bertz CT molecular complexity index is 374. The van der Waals surface area contributed by atoms with Gasteiger partial charge in [0.15, 0.2) is 0 Å². The summed E-state index contributed by atoms with van der Waals surface area (Å²) in [5.41, 5.74) is 2.02. The van der Waals surface area contributed by atoms with Crippen LogP contribution in [-0.4, -0.2) is 4.98 Å². The van der Waals surface area contributed by atoms with E-state index in [9.17, 15) is 0 Å². The van der Waals surface area contributed by atoms with Crippen LogP contribution < -0.4 is 0 Å². The average molecular weight is 251 g/mol. The van der Waals surface area contributed by atoms with Gasteiger partial charge in [0.2, 0.25) is 0 Å². The van der Waals surface area contributed by atoms with Gasteiger partial charge in [-0.3, -0.25) is 0 Å². The van der Waals surface area contributed by atoms with Crippen LogP contribution in [0.4, 0.5) is 0 Å². The van der Waals surface area contributed by atoms with Crippen LogP contribution >= 0.6 is 11.3 Å². The molecule has 2 rings (SSSR count). The molecule has 1 aromatic rings. The fraction of sp³-hybridized carbons (Fsp3) is 0.800. The Hall–Kier alpha value is -0.370. The number of hydrogen-bond acceptors (Lipinski definition) is 2. The van der Waals surface area contributed by atoms with Crippen molar-refractivity contribution in [3.63, 3.8) is 0 Å². The molecular weight excluding hydrogens is 226 g/mol. The summed E-state index contributed by atoms with van der Waals surface area (Å²) in [6.45, 7) is 11.5. The molecule has 96 valence electrons. The van der Waals surface area contributed by atoms with Gasteiger partial charge in [-0.1, -0.05) is 34.6 Å². The van der Waals surface area contributed by atoms with Crippen LogP contribution in [0.2, 0.25) is 0 Å². The van der Waals surface area contributed by atoms with Crippen LogP contribution in [-0.2, 0) is 5.41 Å². The molecule has 0 atom stereocenters.